The first-order valence-corrected chi connectivity index (χ1v) is 7.37. The molecule has 0 unspecified atom stereocenters. The molecule has 20 heavy (non-hydrogen) atoms. The predicted octanol–water partition coefficient (Wildman–Crippen LogP) is 4.56. The van der Waals surface area contributed by atoms with Gasteiger partial charge < -0.3 is 4.74 Å². The average Bonchev–Trinajstić information content (AvgIpc) is 2.36. The van der Waals surface area contributed by atoms with Crippen LogP contribution >= 0.6 is 34.8 Å². The Kier molecular flexibility index (Phi) is 7.03. The number of ether oxygens (including phenoxy) is 1. The van der Waals surface area contributed by atoms with Gasteiger partial charge in [0.15, 0.2) is 6.10 Å². The molecule has 1 aromatic rings. The van der Waals surface area contributed by atoms with Crippen LogP contribution in [0.15, 0.2) is 30.3 Å². The number of nitrogens with zero attached hydrogens (tertiary/aromatic N) is 1. The van der Waals surface area contributed by atoms with E-state index in [4.69, 9.17) is 39.5 Å². The summed E-state index contributed by atoms with van der Waals surface area (Å²) in [7, 11) is 0. The highest BCUT2D eigenvalue weighted by Gasteiger charge is 2.39. The number of benzene rings is 1. The van der Waals surface area contributed by atoms with Crippen molar-refractivity contribution in [1.82, 2.24) is 0 Å². The van der Waals surface area contributed by atoms with Gasteiger partial charge in [0.2, 0.25) is 10.3 Å². The Bertz CT molecular complexity index is 423. The highest BCUT2D eigenvalue weighted by atomic mass is 35.6. The summed E-state index contributed by atoms with van der Waals surface area (Å²) >= 11 is 17.3. The SMILES string of the molecule is CCC[C@H](O[C@@H](C[N+](=O)[O-])C(Cl)(Cl)Cl)c1ccccc1. The number of alkyl halides is 3. The second kappa shape index (κ2) is 8.03. The third kappa shape index (κ3) is 5.83. The van der Waals surface area contributed by atoms with Gasteiger partial charge in [0.25, 0.3) is 0 Å². The van der Waals surface area contributed by atoms with Gasteiger partial charge in [0, 0.05) is 4.92 Å². The zero-order chi connectivity index (χ0) is 15.2. The Hall–Kier alpha value is -0.550. The maximum Gasteiger partial charge on any atom is 0.233 e. The van der Waals surface area contributed by atoms with Crippen molar-refractivity contribution >= 4 is 34.8 Å². The van der Waals surface area contributed by atoms with Crippen molar-refractivity contribution in [2.75, 3.05) is 6.54 Å². The van der Waals surface area contributed by atoms with Crippen molar-refractivity contribution < 1.29 is 9.66 Å². The molecule has 0 heterocycles. The van der Waals surface area contributed by atoms with Crippen LogP contribution in [0.5, 0.6) is 0 Å². The summed E-state index contributed by atoms with van der Waals surface area (Å²) in [5.74, 6) is 0. The molecule has 0 spiro atoms. The van der Waals surface area contributed by atoms with Crippen molar-refractivity contribution in [1.29, 1.82) is 0 Å². The Labute approximate surface area is 133 Å². The summed E-state index contributed by atoms with van der Waals surface area (Å²) in [5, 5.41) is 10.7. The summed E-state index contributed by atoms with van der Waals surface area (Å²) in [6.07, 6.45) is 0.116. The van der Waals surface area contributed by atoms with Crippen molar-refractivity contribution in [3.05, 3.63) is 46.0 Å². The van der Waals surface area contributed by atoms with Crippen LogP contribution in [0.25, 0.3) is 0 Å². The second-order valence-electron chi connectivity index (χ2n) is 4.37. The smallest absolute Gasteiger partial charge is 0.233 e. The molecule has 112 valence electrons. The summed E-state index contributed by atoms with van der Waals surface area (Å²) in [6.45, 7) is 1.45. The van der Waals surface area contributed by atoms with Gasteiger partial charge in [0.1, 0.15) is 0 Å². The summed E-state index contributed by atoms with van der Waals surface area (Å²) in [4.78, 5) is 10.1. The van der Waals surface area contributed by atoms with Crippen molar-refractivity contribution in [3.63, 3.8) is 0 Å². The fourth-order valence-corrected chi connectivity index (χ4v) is 2.16. The zero-order valence-electron chi connectivity index (χ0n) is 11.0. The molecular formula is C13H16Cl3NO3. The molecular weight excluding hydrogens is 325 g/mol. The van der Waals surface area contributed by atoms with Crippen LogP contribution in [-0.4, -0.2) is 21.4 Å². The molecule has 0 N–H and O–H groups in total. The molecule has 7 heteroatoms. The highest BCUT2D eigenvalue weighted by Crippen LogP contribution is 2.36. The zero-order valence-corrected chi connectivity index (χ0v) is 13.2. The minimum atomic E-state index is -1.84. The average molecular weight is 341 g/mol. The Morgan fingerprint density at radius 3 is 2.35 bits per heavy atom. The van der Waals surface area contributed by atoms with E-state index in [2.05, 4.69) is 0 Å². The molecule has 0 radical (unpaired) electrons. The third-order valence-electron chi connectivity index (χ3n) is 2.73. The summed E-state index contributed by atoms with van der Waals surface area (Å²) < 4.78 is 3.88. The first-order valence-electron chi connectivity index (χ1n) is 6.23. The Morgan fingerprint density at radius 1 is 1.30 bits per heavy atom. The van der Waals surface area contributed by atoms with Gasteiger partial charge in [-0.2, -0.15) is 0 Å². The van der Waals surface area contributed by atoms with Crippen LogP contribution in [-0.2, 0) is 4.74 Å². The minimum absolute atomic E-state index is 0.332. The monoisotopic (exact) mass is 339 g/mol. The first-order chi connectivity index (χ1) is 9.34. The predicted molar refractivity (Wildman–Crippen MR) is 81.1 cm³/mol. The molecule has 4 nitrogen and oxygen atoms in total. The van der Waals surface area contributed by atoms with E-state index in [1.165, 1.54) is 0 Å². The molecule has 0 aliphatic rings. The molecule has 0 aliphatic carbocycles. The largest absolute Gasteiger partial charge is 0.359 e. The number of hydrogen-bond donors (Lipinski definition) is 0. The van der Waals surface area contributed by atoms with E-state index >= 15 is 0 Å². The Morgan fingerprint density at radius 2 is 1.90 bits per heavy atom. The van der Waals surface area contributed by atoms with Crippen LogP contribution in [0.2, 0.25) is 0 Å². The van der Waals surface area contributed by atoms with E-state index in [-0.39, 0.29) is 6.10 Å². The van der Waals surface area contributed by atoms with Crippen molar-refractivity contribution in [2.45, 2.75) is 35.8 Å². The van der Waals surface area contributed by atoms with Gasteiger partial charge in [-0.15, -0.1) is 0 Å². The van der Waals surface area contributed by atoms with E-state index in [1.807, 2.05) is 37.3 Å². The van der Waals surface area contributed by atoms with Gasteiger partial charge in [-0.25, -0.2) is 0 Å². The lowest BCUT2D eigenvalue weighted by Crippen LogP contribution is -2.36. The maximum absolute atomic E-state index is 10.7. The molecule has 0 saturated heterocycles. The van der Waals surface area contributed by atoms with Crippen LogP contribution in [0, 0.1) is 10.1 Å². The number of halogens is 3. The number of hydrogen-bond acceptors (Lipinski definition) is 3. The van der Waals surface area contributed by atoms with Gasteiger partial charge in [-0.3, -0.25) is 10.1 Å². The molecule has 0 aromatic heterocycles. The lowest BCUT2D eigenvalue weighted by atomic mass is 10.1. The third-order valence-corrected chi connectivity index (χ3v) is 3.46. The fraction of sp³-hybridized carbons (Fsp3) is 0.538. The molecule has 1 rings (SSSR count). The van der Waals surface area contributed by atoms with Crippen LogP contribution < -0.4 is 0 Å². The minimum Gasteiger partial charge on any atom is -0.359 e. The Balaban J connectivity index is 2.88. The standard InChI is InChI=1S/C13H16Cl3NO3/c1-2-6-11(10-7-4-3-5-8-10)20-12(9-17(18)19)13(14,15)16/h3-5,7-8,11-12H,2,6,9H2,1H3/t11-,12-/m0/s1. The van der Waals surface area contributed by atoms with Gasteiger partial charge >= 0.3 is 0 Å². The highest BCUT2D eigenvalue weighted by molar-refractivity contribution is 6.68. The lowest BCUT2D eigenvalue weighted by Gasteiger charge is -2.27. The van der Waals surface area contributed by atoms with Crippen LogP contribution in [0.3, 0.4) is 0 Å². The topological polar surface area (TPSA) is 52.4 Å². The van der Waals surface area contributed by atoms with Crippen molar-refractivity contribution in [3.8, 4) is 0 Å². The lowest BCUT2D eigenvalue weighted by molar-refractivity contribution is -0.492. The molecule has 0 aliphatic heterocycles. The van der Waals surface area contributed by atoms with Gasteiger partial charge in [0.05, 0.1) is 6.10 Å². The van der Waals surface area contributed by atoms with E-state index in [0.29, 0.717) is 6.42 Å². The molecule has 0 bridgehead atoms. The first kappa shape index (κ1) is 17.5. The second-order valence-corrected chi connectivity index (χ2v) is 6.74. The normalized spacial score (nSPS) is 14.8. The van der Waals surface area contributed by atoms with E-state index in [9.17, 15) is 10.1 Å². The molecule has 1 aromatic carbocycles. The summed E-state index contributed by atoms with van der Waals surface area (Å²) in [6, 6.07) is 9.41. The van der Waals surface area contributed by atoms with E-state index in [0.717, 1.165) is 12.0 Å². The van der Waals surface area contributed by atoms with Gasteiger partial charge in [-0.1, -0.05) is 78.5 Å². The van der Waals surface area contributed by atoms with E-state index < -0.39 is 21.4 Å². The number of nitro groups is 1. The fourth-order valence-electron chi connectivity index (χ4n) is 1.80. The molecule has 0 amide bonds. The van der Waals surface area contributed by atoms with Crippen LogP contribution in [0.4, 0.5) is 0 Å². The molecule has 0 saturated carbocycles. The number of rotatable bonds is 7. The van der Waals surface area contributed by atoms with E-state index in [1.54, 1.807) is 0 Å². The van der Waals surface area contributed by atoms with Crippen LogP contribution in [0.1, 0.15) is 31.4 Å². The maximum atomic E-state index is 10.7. The van der Waals surface area contributed by atoms with Crippen molar-refractivity contribution in [2.24, 2.45) is 0 Å². The molecule has 0 fully saturated rings. The summed E-state index contributed by atoms with van der Waals surface area (Å²) in [5.41, 5.74) is 0.914. The molecule has 2 atom stereocenters. The quantitative estimate of drug-likeness (QED) is 0.415. The van der Waals surface area contributed by atoms with Gasteiger partial charge in [-0.05, 0) is 12.0 Å².